The quantitative estimate of drug-likeness (QED) is 0.801. The van der Waals surface area contributed by atoms with Crippen LogP contribution >= 0.6 is 0 Å². The zero-order valence-electron chi connectivity index (χ0n) is 15.3. The molecule has 6 heteroatoms. The number of hydrogen-bond acceptors (Lipinski definition) is 3. The minimum atomic E-state index is -0.312. The molecule has 2 rings (SSSR count). The van der Waals surface area contributed by atoms with E-state index < -0.39 is 0 Å². The maximum atomic E-state index is 12.9. The molecule has 0 aliphatic heterocycles. The normalized spacial score (nSPS) is 11.5. The van der Waals surface area contributed by atoms with Crippen LogP contribution in [0.1, 0.15) is 12.5 Å². The lowest BCUT2D eigenvalue weighted by molar-refractivity contribution is -0.126. The van der Waals surface area contributed by atoms with Gasteiger partial charge in [-0.15, -0.1) is 0 Å². The Hall–Kier alpha value is -2.89. The Morgan fingerprint density at radius 2 is 1.65 bits per heavy atom. The first-order valence-electron chi connectivity index (χ1n) is 8.44. The van der Waals surface area contributed by atoms with Crippen LogP contribution in [0.5, 0.6) is 0 Å². The maximum absolute atomic E-state index is 12.9. The first-order chi connectivity index (χ1) is 12.3. The molecule has 0 bridgehead atoms. The van der Waals surface area contributed by atoms with E-state index in [9.17, 15) is 14.0 Å². The molecular weight excluding hydrogens is 333 g/mol. The van der Waals surface area contributed by atoms with E-state index in [1.54, 1.807) is 19.1 Å². The summed E-state index contributed by atoms with van der Waals surface area (Å²) in [5.41, 5.74) is 2.58. The Morgan fingerprint density at radius 3 is 2.23 bits per heavy atom. The van der Waals surface area contributed by atoms with Crippen molar-refractivity contribution in [3.05, 3.63) is 59.9 Å². The average molecular weight is 357 g/mol. The lowest BCUT2D eigenvalue weighted by atomic mass is 10.0. The van der Waals surface area contributed by atoms with Gasteiger partial charge in [0.2, 0.25) is 11.8 Å². The molecule has 2 N–H and O–H groups in total. The van der Waals surface area contributed by atoms with Crippen molar-refractivity contribution in [2.24, 2.45) is 5.92 Å². The number of anilines is 2. The van der Waals surface area contributed by atoms with Crippen LogP contribution in [0.4, 0.5) is 15.8 Å². The van der Waals surface area contributed by atoms with Crippen LogP contribution in [0.2, 0.25) is 0 Å². The molecule has 2 aromatic carbocycles. The van der Waals surface area contributed by atoms with Crippen LogP contribution in [0.3, 0.4) is 0 Å². The van der Waals surface area contributed by atoms with Gasteiger partial charge < -0.3 is 15.5 Å². The minimum Gasteiger partial charge on any atom is -0.378 e. The lowest BCUT2D eigenvalue weighted by Gasteiger charge is -2.14. The van der Waals surface area contributed by atoms with Gasteiger partial charge in [-0.2, -0.15) is 0 Å². The van der Waals surface area contributed by atoms with Crippen molar-refractivity contribution in [1.82, 2.24) is 5.32 Å². The third-order valence-electron chi connectivity index (χ3n) is 3.99. The molecule has 0 aromatic heterocycles. The Labute approximate surface area is 153 Å². The van der Waals surface area contributed by atoms with E-state index in [2.05, 4.69) is 10.6 Å². The molecule has 0 heterocycles. The van der Waals surface area contributed by atoms with Gasteiger partial charge in [-0.1, -0.05) is 19.1 Å². The molecule has 0 saturated heterocycles. The van der Waals surface area contributed by atoms with E-state index in [-0.39, 0.29) is 30.1 Å². The molecule has 0 aliphatic rings. The number of halogens is 1. The summed E-state index contributed by atoms with van der Waals surface area (Å²) >= 11 is 0. The van der Waals surface area contributed by atoms with Crippen LogP contribution in [0, 0.1) is 11.7 Å². The predicted octanol–water partition coefficient (Wildman–Crippen LogP) is 2.83. The number of rotatable bonds is 7. The molecule has 0 spiro atoms. The smallest absolute Gasteiger partial charge is 0.243 e. The van der Waals surface area contributed by atoms with E-state index in [1.807, 2.05) is 43.3 Å². The topological polar surface area (TPSA) is 61.4 Å². The van der Waals surface area contributed by atoms with Gasteiger partial charge in [-0.05, 0) is 48.4 Å². The van der Waals surface area contributed by atoms with Crippen molar-refractivity contribution in [3.63, 3.8) is 0 Å². The van der Waals surface area contributed by atoms with Crippen LogP contribution in [0.25, 0.3) is 0 Å². The molecule has 0 radical (unpaired) electrons. The summed E-state index contributed by atoms with van der Waals surface area (Å²) in [7, 11) is 3.88. The monoisotopic (exact) mass is 357 g/mol. The van der Waals surface area contributed by atoms with Crippen LogP contribution < -0.4 is 15.5 Å². The van der Waals surface area contributed by atoms with E-state index >= 15 is 0 Å². The van der Waals surface area contributed by atoms with Gasteiger partial charge in [-0.25, -0.2) is 4.39 Å². The Bertz CT molecular complexity index is 743. The fourth-order valence-corrected chi connectivity index (χ4v) is 2.46. The number of nitrogens with zero attached hydrogens (tertiary/aromatic N) is 1. The summed E-state index contributed by atoms with van der Waals surface area (Å²) < 4.78 is 12.9. The number of nitrogens with one attached hydrogen (secondary N) is 2. The summed E-state index contributed by atoms with van der Waals surface area (Å²) in [6, 6.07) is 13.5. The van der Waals surface area contributed by atoms with Crippen molar-refractivity contribution in [3.8, 4) is 0 Å². The average Bonchev–Trinajstić information content (AvgIpc) is 2.62. The van der Waals surface area contributed by atoms with Gasteiger partial charge in [0.15, 0.2) is 0 Å². The highest BCUT2D eigenvalue weighted by Gasteiger charge is 2.14. The number of carbonyl (C=O) groups excluding carboxylic acids is 2. The van der Waals surface area contributed by atoms with Crippen molar-refractivity contribution in [2.45, 2.75) is 13.3 Å². The van der Waals surface area contributed by atoms with Crippen molar-refractivity contribution in [1.29, 1.82) is 0 Å². The van der Waals surface area contributed by atoms with Crippen molar-refractivity contribution < 1.29 is 14.0 Å². The second-order valence-corrected chi connectivity index (χ2v) is 6.44. The second kappa shape index (κ2) is 8.99. The zero-order valence-corrected chi connectivity index (χ0v) is 15.3. The Kier molecular flexibility index (Phi) is 6.72. The molecule has 0 aliphatic carbocycles. The standard InChI is InChI=1S/C20H24FN3O2/c1-14(12-15-4-6-16(21)7-5-15)20(26)22-13-19(25)23-17-8-10-18(11-9-17)24(2)3/h4-11,14H,12-13H2,1-3H3,(H,22,26)(H,23,25). The largest absolute Gasteiger partial charge is 0.378 e. The molecule has 0 saturated carbocycles. The van der Waals surface area contributed by atoms with Gasteiger partial charge in [-0.3, -0.25) is 9.59 Å². The summed E-state index contributed by atoms with van der Waals surface area (Å²) in [5, 5.41) is 5.37. The Morgan fingerprint density at radius 1 is 1.04 bits per heavy atom. The molecule has 0 fully saturated rings. The first kappa shape index (κ1) is 19.4. The van der Waals surface area contributed by atoms with Crippen LogP contribution in [-0.4, -0.2) is 32.5 Å². The molecule has 5 nitrogen and oxygen atoms in total. The summed E-state index contributed by atoms with van der Waals surface area (Å²) in [5.74, 6) is -1.12. The third kappa shape index (κ3) is 5.88. The van der Waals surface area contributed by atoms with Crippen molar-refractivity contribution >= 4 is 23.2 Å². The molecule has 26 heavy (non-hydrogen) atoms. The summed E-state index contributed by atoms with van der Waals surface area (Å²) in [6.45, 7) is 1.68. The minimum absolute atomic E-state index is 0.0952. The molecule has 138 valence electrons. The molecular formula is C20H24FN3O2. The van der Waals surface area contributed by atoms with Gasteiger partial charge in [0.1, 0.15) is 5.82 Å². The number of benzene rings is 2. The Balaban J connectivity index is 1.78. The first-order valence-corrected chi connectivity index (χ1v) is 8.44. The van der Waals surface area contributed by atoms with Gasteiger partial charge in [0.05, 0.1) is 6.54 Å². The summed E-state index contributed by atoms with van der Waals surface area (Å²) in [6.07, 6.45) is 0.486. The van der Waals surface area contributed by atoms with Gasteiger partial charge >= 0.3 is 0 Å². The fourth-order valence-electron chi connectivity index (χ4n) is 2.46. The van der Waals surface area contributed by atoms with E-state index in [4.69, 9.17) is 0 Å². The fraction of sp³-hybridized carbons (Fsp3) is 0.300. The van der Waals surface area contributed by atoms with E-state index in [0.717, 1.165) is 11.3 Å². The third-order valence-corrected chi connectivity index (χ3v) is 3.99. The van der Waals surface area contributed by atoms with E-state index in [0.29, 0.717) is 12.1 Å². The maximum Gasteiger partial charge on any atom is 0.243 e. The highest BCUT2D eigenvalue weighted by Crippen LogP contribution is 2.15. The zero-order chi connectivity index (χ0) is 19.1. The van der Waals surface area contributed by atoms with Gasteiger partial charge in [0.25, 0.3) is 0 Å². The van der Waals surface area contributed by atoms with E-state index in [1.165, 1.54) is 12.1 Å². The number of amides is 2. The number of hydrogen-bond donors (Lipinski definition) is 2. The number of carbonyl (C=O) groups is 2. The van der Waals surface area contributed by atoms with Crippen LogP contribution in [-0.2, 0) is 16.0 Å². The van der Waals surface area contributed by atoms with Crippen molar-refractivity contribution in [2.75, 3.05) is 30.9 Å². The second-order valence-electron chi connectivity index (χ2n) is 6.44. The highest BCUT2D eigenvalue weighted by atomic mass is 19.1. The SMILES string of the molecule is CC(Cc1ccc(F)cc1)C(=O)NCC(=O)Nc1ccc(N(C)C)cc1. The lowest BCUT2D eigenvalue weighted by Crippen LogP contribution is -2.36. The highest BCUT2D eigenvalue weighted by molar-refractivity contribution is 5.94. The van der Waals surface area contributed by atoms with Gasteiger partial charge in [0, 0.05) is 31.4 Å². The molecule has 2 amide bonds. The molecule has 1 atom stereocenters. The summed E-state index contributed by atoms with van der Waals surface area (Å²) in [4.78, 5) is 26.1. The predicted molar refractivity (Wildman–Crippen MR) is 102 cm³/mol. The van der Waals surface area contributed by atoms with Crippen LogP contribution in [0.15, 0.2) is 48.5 Å². The molecule has 1 unspecified atom stereocenters. The molecule has 2 aromatic rings.